The van der Waals surface area contributed by atoms with Gasteiger partial charge in [-0.15, -0.1) is 0 Å². The Balaban J connectivity index is 1.92. The summed E-state index contributed by atoms with van der Waals surface area (Å²) >= 11 is 0. The molecule has 0 aromatic heterocycles. The Morgan fingerprint density at radius 3 is 2.75 bits per heavy atom. The smallest absolute Gasteiger partial charge is 0.242 e. The van der Waals surface area contributed by atoms with Crippen molar-refractivity contribution in [2.24, 2.45) is 5.92 Å². The van der Waals surface area contributed by atoms with E-state index in [1.807, 2.05) is 0 Å². The van der Waals surface area contributed by atoms with E-state index < -0.39 is 0 Å². The van der Waals surface area contributed by atoms with E-state index in [9.17, 15) is 4.79 Å². The number of carbonyl (C=O) groups excluding carboxylic acids is 1. The van der Waals surface area contributed by atoms with Crippen LogP contribution in [0.5, 0.6) is 0 Å². The van der Waals surface area contributed by atoms with Crippen molar-refractivity contribution < 1.29 is 9.53 Å². The molecule has 16 heavy (non-hydrogen) atoms. The topological polar surface area (TPSA) is 41.6 Å². The summed E-state index contributed by atoms with van der Waals surface area (Å²) in [5.74, 6) is 0.768. The Kier molecular flexibility index (Phi) is 3.82. The maximum atomic E-state index is 12.3. The minimum atomic E-state index is -0.118. The van der Waals surface area contributed by atoms with Crippen molar-refractivity contribution in [3.63, 3.8) is 0 Å². The van der Waals surface area contributed by atoms with Crippen LogP contribution in [0.4, 0.5) is 0 Å². The van der Waals surface area contributed by atoms with Gasteiger partial charge in [0.2, 0.25) is 5.91 Å². The van der Waals surface area contributed by atoms with Crippen LogP contribution in [0, 0.1) is 5.92 Å². The summed E-state index contributed by atoms with van der Waals surface area (Å²) in [6, 6.07) is 0.381. The van der Waals surface area contributed by atoms with Crippen LogP contribution in [-0.4, -0.2) is 49.2 Å². The highest BCUT2D eigenvalue weighted by atomic mass is 16.5. The SMILES string of the molecule is CC(C)CN(C(=O)C1COCCN1)C1CC1. The summed E-state index contributed by atoms with van der Waals surface area (Å²) in [5, 5.41) is 3.24. The lowest BCUT2D eigenvalue weighted by atomic mass is 10.1. The van der Waals surface area contributed by atoms with Crippen LogP contribution in [0.2, 0.25) is 0 Å². The maximum Gasteiger partial charge on any atom is 0.242 e. The van der Waals surface area contributed by atoms with Crippen LogP contribution in [0.25, 0.3) is 0 Å². The quantitative estimate of drug-likeness (QED) is 0.764. The lowest BCUT2D eigenvalue weighted by molar-refractivity contribution is -0.137. The van der Waals surface area contributed by atoms with Crippen LogP contribution < -0.4 is 5.32 Å². The third-order valence-electron chi connectivity index (χ3n) is 3.05. The molecule has 1 aliphatic carbocycles. The molecule has 4 nitrogen and oxygen atoms in total. The Labute approximate surface area is 97.3 Å². The van der Waals surface area contributed by atoms with Crippen molar-refractivity contribution in [3.8, 4) is 0 Å². The summed E-state index contributed by atoms with van der Waals surface area (Å²) in [5.41, 5.74) is 0. The Hall–Kier alpha value is -0.610. The number of amides is 1. The Bertz CT molecular complexity index is 245. The third kappa shape index (κ3) is 2.95. The fourth-order valence-electron chi connectivity index (χ4n) is 2.12. The largest absolute Gasteiger partial charge is 0.378 e. The molecule has 1 aliphatic heterocycles. The molecule has 0 aromatic rings. The maximum absolute atomic E-state index is 12.3. The van der Waals surface area contributed by atoms with Crippen LogP contribution in [0.1, 0.15) is 26.7 Å². The summed E-state index contributed by atoms with van der Waals surface area (Å²) in [4.78, 5) is 14.4. The first-order valence-electron chi connectivity index (χ1n) is 6.30. The minimum absolute atomic E-state index is 0.118. The van der Waals surface area contributed by atoms with Crippen molar-refractivity contribution in [2.45, 2.75) is 38.8 Å². The molecule has 92 valence electrons. The van der Waals surface area contributed by atoms with Gasteiger partial charge in [0.05, 0.1) is 13.2 Å². The zero-order valence-electron chi connectivity index (χ0n) is 10.2. The fraction of sp³-hybridized carbons (Fsp3) is 0.917. The molecule has 1 heterocycles. The Morgan fingerprint density at radius 2 is 2.25 bits per heavy atom. The van der Waals surface area contributed by atoms with Gasteiger partial charge in [-0.25, -0.2) is 0 Å². The average Bonchev–Trinajstić information content (AvgIpc) is 3.10. The summed E-state index contributed by atoms with van der Waals surface area (Å²) in [6.07, 6.45) is 2.35. The predicted molar refractivity (Wildman–Crippen MR) is 62.2 cm³/mol. The molecule has 1 amide bonds. The van der Waals surface area contributed by atoms with E-state index in [4.69, 9.17) is 4.74 Å². The monoisotopic (exact) mass is 226 g/mol. The minimum Gasteiger partial charge on any atom is -0.378 e. The molecule has 0 radical (unpaired) electrons. The van der Waals surface area contributed by atoms with Gasteiger partial charge < -0.3 is 15.0 Å². The van der Waals surface area contributed by atoms with E-state index >= 15 is 0 Å². The number of carbonyl (C=O) groups is 1. The molecule has 2 fully saturated rings. The second-order valence-corrected chi connectivity index (χ2v) is 5.20. The number of rotatable bonds is 4. The number of ether oxygens (including phenoxy) is 1. The van der Waals surface area contributed by atoms with Gasteiger partial charge in [-0.3, -0.25) is 4.79 Å². The molecule has 1 N–H and O–H groups in total. The first-order valence-corrected chi connectivity index (χ1v) is 6.30. The number of morpholine rings is 1. The molecule has 1 unspecified atom stereocenters. The van der Waals surface area contributed by atoms with Gasteiger partial charge in [-0.2, -0.15) is 0 Å². The highest BCUT2D eigenvalue weighted by molar-refractivity contribution is 5.82. The second kappa shape index (κ2) is 5.15. The van der Waals surface area contributed by atoms with Crippen LogP contribution in [-0.2, 0) is 9.53 Å². The van der Waals surface area contributed by atoms with Crippen molar-refractivity contribution in [1.29, 1.82) is 0 Å². The molecule has 0 aromatic carbocycles. The van der Waals surface area contributed by atoms with E-state index in [1.165, 1.54) is 12.8 Å². The van der Waals surface area contributed by atoms with E-state index in [-0.39, 0.29) is 11.9 Å². The standard InChI is InChI=1S/C12H22N2O2/c1-9(2)7-14(10-3-4-10)12(15)11-8-16-6-5-13-11/h9-11,13H,3-8H2,1-2H3. The summed E-state index contributed by atoms with van der Waals surface area (Å²) in [7, 11) is 0. The zero-order chi connectivity index (χ0) is 11.5. The Morgan fingerprint density at radius 1 is 1.50 bits per heavy atom. The van der Waals surface area contributed by atoms with Gasteiger partial charge in [-0.1, -0.05) is 13.8 Å². The molecule has 2 aliphatic rings. The summed E-state index contributed by atoms with van der Waals surface area (Å²) < 4.78 is 5.35. The van der Waals surface area contributed by atoms with Gasteiger partial charge in [0.25, 0.3) is 0 Å². The number of nitrogens with zero attached hydrogens (tertiary/aromatic N) is 1. The fourth-order valence-corrected chi connectivity index (χ4v) is 2.12. The predicted octanol–water partition coefficient (Wildman–Crippen LogP) is 0.622. The molecule has 1 atom stereocenters. The van der Waals surface area contributed by atoms with Gasteiger partial charge in [0.1, 0.15) is 6.04 Å². The number of hydrogen-bond donors (Lipinski definition) is 1. The van der Waals surface area contributed by atoms with Crippen molar-refractivity contribution >= 4 is 5.91 Å². The lowest BCUT2D eigenvalue weighted by Gasteiger charge is -2.31. The van der Waals surface area contributed by atoms with E-state index in [1.54, 1.807) is 0 Å². The summed E-state index contributed by atoms with van der Waals surface area (Å²) in [6.45, 7) is 7.23. The van der Waals surface area contributed by atoms with Crippen molar-refractivity contribution in [3.05, 3.63) is 0 Å². The average molecular weight is 226 g/mol. The lowest BCUT2D eigenvalue weighted by Crippen LogP contribution is -2.53. The molecule has 4 heteroatoms. The van der Waals surface area contributed by atoms with Gasteiger partial charge in [0, 0.05) is 19.1 Å². The van der Waals surface area contributed by atoms with Gasteiger partial charge in [-0.05, 0) is 18.8 Å². The second-order valence-electron chi connectivity index (χ2n) is 5.20. The van der Waals surface area contributed by atoms with Gasteiger partial charge in [0.15, 0.2) is 0 Å². The van der Waals surface area contributed by atoms with Crippen LogP contribution >= 0.6 is 0 Å². The highest BCUT2D eigenvalue weighted by Crippen LogP contribution is 2.28. The van der Waals surface area contributed by atoms with Crippen LogP contribution in [0.15, 0.2) is 0 Å². The van der Waals surface area contributed by atoms with E-state index in [2.05, 4.69) is 24.1 Å². The van der Waals surface area contributed by atoms with E-state index in [0.717, 1.165) is 19.7 Å². The van der Waals surface area contributed by atoms with Gasteiger partial charge >= 0.3 is 0 Å². The number of hydrogen-bond acceptors (Lipinski definition) is 3. The first-order chi connectivity index (χ1) is 7.68. The molecule has 0 bridgehead atoms. The molecule has 1 saturated heterocycles. The highest BCUT2D eigenvalue weighted by Gasteiger charge is 2.36. The molecule has 0 spiro atoms. The number of nitrogens with one attached hydrogen (secondary N) is 1. The molecule has 1 saturated carbocycles. The zero-order valence-corrected chi connectivity index (χ0v) is 10.2. The third-order valence-corrected chi connectivity index (χ3v) is 3.05. The normalized spacial score (nSPS) is 25.8. The molecular weight excluding hydrogens is 204 g/mol. The molecule has 2 rings (SSSR count). The van der Waals surface area contributed by atoms with Crippen molar-refractivity contribution in [1.82, 2.24) is 10.2 Å². The van der Waals surface area contributed by atoms with Crippen molar-refractivity contribution in [2.75, 3.05) is 26.3 Å². The van der Waals surface area contributed by atoms with Crippen LogP contribution in [0.3, 0.4) is 0 Å². The first kappa shape index (κ1) is 11.9. The molecular formula is C12H22N2O2. The van der Waals surface area contributed by atoms with E-state index in [0.29, 0.717) is 18.6 Å².